The normalized spacial score (nSPS) is 9.14. The van der Waals surface area contributed by atoms with Crippen molar-refractivity contribution in [1.82, 2.24) is 5.32 Å². The first-order valence-electron chi connectivity index (χ1n) is 6.76. The van der Waals surface area contributed by atoms with Gasteiger partial charge < -0.3 is 20.3 Å². The summed E-state index contributed by atoms with van der Waals surface area (Å²) in [5, 5.41) is 22.4. The molecular formula is C16H21BrN2O3. The number of rotatable bonds is 4. The molecule has 0 radical (unpaired) electrons. The van der Waals surface area contributed by atoms with Crippen molar-refractivity contribution >= 4 is 34.0 Å². The molecule has 0 unspecified atom stereocenters. The molecule has 2 rings (SSSR count). The summed E-state index contributed by atoms with van der Waals surface area (Å²) in [4.78, 5) is 9.54. The summed E-state index contributed by atoms with van der Waals surface area (Å²) in [7, 11) is 0. The number of nitrogens with one attached hydrogen (secondary N) is 1. The van der Waals surface area contributed by atoms with E-state index in [1.807, 2.05) is 48.0 Å². The Labute approximate surface area is 140 Å². The predicted octanol–water partition coefficient (Wildman–Crippen LogP) is 1.93. The zero-order chi connectivity index (χ0) is 15.7. The van der Waals surface area contributed by atoms with Crippen LogP contribution in [-0.4, -0.2) is 17.7 Å². The summed E-state index contributed by atoms with van der Waals surface area (Å²) in [5.74, 6) is 0.310. The molecule has 0 saturated heterocycles. The Morgan fingerprint density at radius 3 is 2.64 bits per heavy atom. The van der Waals surface area contributed by atoms with Crippen LogP contribution >= 0.6 is 17.0 Å². The van der Waals surface area contributed by atoms with Gasteiger partial charge in [0.25, 0.3) is 5.52 Å². The number of pyridine rings is 1. The Hall–Kier alpha value is -2.08. The van der Waals surface area contributed by atoms with Crippen molar-refractivity contribution in [3.63, 3.8) is 0 Å². The second-order valence-electron chi connectivity index (χ2n) is 4.38. The highest BCUT2D eigenvalue weighted by molar-refractivity contribution is 8.93. The summed E-state index contributed by atoms with van der Waals surface area (Å²) in [5.41, 5.74) is 0.856. The Bertz CT molecular complexity index is 612. The largest absolute Gasteiger partial charge is 0.530 e. The fourth-order valence-corrected chi connectivity index (χ4v) is 1.84. The van der Waals surface area contributed by atoms with Crippen molar-refractivity contribution in [3.05, 3.63) is 49.2 Å². The van der Waals surface area contributed by atoms with Crippen LogP contribution in [0.2, 0.25) is 0 Å². The molecule has 1 heterocycles. The Kier molecular flexibility index (Phi) is 9.61. The lowest BCUT2D eigenvalue weighted by Crippen LogP contribution is -2.36. The molecule has 0 saturated carbocycles. The molecule has 0 aliphatic heterocycles. The molecule has 6 heteroatoms. The first-order valence-corrected chi connectivity index (χ1v) is 6.76. The maximum atomic E-state index is 9.72. The molecule has 22 heavy (non-hydrogen) atoms. The Morgan fingerprint density at radius 2 is 2.09 bits per heavy atom. The average Bonchev–Trinajstić information content (AvgIpc) is 2.46. The third kappa shape index (κ3) is 6.13. The van der Waals surface area contributed by atoms with Crippen molar-refractivity contribution in [2.75, 3.05) is 6.54 Å². The minimum Gasteiger partial charge on any atom is -0.530 e. The molecule has 1 aromatic heterocycles. The molecule has 2 N–H and O–H groups in total. The van der Waals surface area contributed by atoms with Crippen LogP contribution in [0.5, 0.6) is 5.75 Å². The number of benzene rings is 1. The van der Waals surface area contributed by atoms with E-state index < -0.39 is 6.09 Å². The first-order chi connectivity index (χ1) is 10.1. The molecule has 0 atom stereocenters. The first kappa shape index (κ1) is 19.9. The maximum absolute atomic E-state index is 9.72. The summed E-state index contributed by atoms with van der Waals surface area (Å²) >= 11 is 0. The molecule has 2 aromatic rings. The molecule has 0 aliphatic rings. The third-order valence-electron chi connectivity index (χ3n) is 2.72. The molecule has 1 amide bonds. The fourth-order valence-electron chi connectivity index (χ4n) is 1.84. The summed E-state index contributed by atoms with van der Waals surface area (Å²) in [6, 6.07) is 9.46. The number of carbonyl (C=O) groups is 1. The predicted molar refractivity (Wildman–Crippen MR) is 90.0 cm³/mol. The number of hydrogen-bond acceptors (Lipinski definition) is 3. The summed E-state index contributed by atoms with van der Waals surface area (Å²) in [6.07, 6.45) is 3.37. The van der Waals surface area contributed by atoms with Gasteiger partial charge in [-0.2, -0.15) is 4.57 Å². The van der Waals surface area contributed by atoms with Crippen LogP contribution in [0.4, 0.5) is 4.79 Å². The second kappa shape index (κ2) is 10.6. The number of halogens is 1. The Balaban J connectivity index is 0.000000478. The number of nitrogens with zero attached hydrogens (tertiary/aromatic N) is 1. The van der Waals surface area contributed by atoms with E-state index in [1.165, 1.54) is 0 Å². The van der Waals surface area contributed by atoms with Crippen LogP contribution in [0.25, 0.3) is 10.9 Å². The van der Waals surface area contributed by atoms with Crippen LogP contribution < -0.4 is 15.0 Å². The van der Waals surface area contributed by atoms with Crippen LogP contribution in [0.3, 0.4) is 0 Å². The number of hydrogen-bond donors (Lipinski definition) is 2. The van der Waals surface area contributed by atoms with Gasteiger partial charge in [0, 0.05) is 12.6 Å². The van der Waals surface area contributed by atoms with Crippen molar-refractivity contribution in [3.8, 4) is 5.75 Å². The highest BCUT2D eigenvalue weighted by Gasteiger charge is 2.10. The summed E-state index contributed by atoms with van der Waals surface area (Å²) in [6.45, 7) is 6.77. The monoisotopic (exact) mass is 368 g/mol. The van der Waals surface area contributed by atoms with Crippen molar-refractivity contribution in [2.24, 2.45) is 0 Å². The van der Waals surface area contributed by atoms with Gasteiger partial charge in [0.2, 0.25) is 0 Å². The van der Waals surface area contributed by atoms with Gasteiger partial charge in [0.05, 0.1) is 5.39 Å². The molecule has 1 aromatic carbocycles. The molecular weight excluding hydrogens is 348 g/mol. The van der Waals surface area contributed by atoms with E-state index in [2.05, 4.69) is 11.9 Å². The van der Waals surface area contributed by atoms with Crippen molar-refractivity contribution in [2.45, 2.75) is 19.9 Å². The zero-order valence-electron chi connectivity index (χ0n) is 12.5. The lowest BCUT2D eigenvalue weighted by atomic mass is 10.2. The number of phenolic OH excluding ortho intramolecular Hbond substituents is 1. The number of allylic oxidation sites excluding steroid dienone is 1. The van der Waals surface area contributed by atoms with Gasteiger partial charge in [-0.25, -0.2) is 0 Å². The highest BCUT2D eigenvalue weighted by atomic mass is 79.9. The van der Waals surface area contributed by atoms with Crippen LogP contribution in [-0.2, 0) is 6.54 Å². The lowest BCUT2D eigenvalue weighted by Gasteiger charge is -2.01. The molecule has 120 valence electrons. The van der Waals surface area contributed by atoms with Gasteiger partial charge in [-0.1, -0.05) is 19.6 Å². The van der Waals surface area contributed by atoms with E-state index in [0.29, 0.717) is 18.8 Å². The highest BCUT2D eigenvalue weighted by Crippen LogP contribution is 2.19. The van der Waals surface area contributed by atoms with E-state index in [0.717, 1.165) is 17.3 Å². The molecule has 0 bridgehead atoms. The third-order valence-corrected chi connectivity index (χ3v) is 2.72. The van der Waals surface area contributed by atoms with Gasteiger partial charge in [-0.05, 0) is 30.7 Å². The average molecular weight is 369 g/mol. The smallest absolute Gasteiger partial charge is 0.254 e. The quantitative estimate of drug-likeness (QED) is 0.639. The summed E-state index contributed by atoms with van der Waals surface area (Å²) < 4.78 is 1.97. The molecule has 0 aliphatic carbocycles. The topological polar surface area (TPSA) is 76.3 Å². The van der Waals surface area contributed by atoms with Crippen LogP contribution in [0.1, 0.15) is 13.3 Å². The molecule has 0 spiro atoms. The van der Waals surface area contributed by atoms with E-state index in [4.69, 9.17) is 0 Å². The van der Waals surface area contributed by atoms with Crippen molar-refractivity contribution in [1.29, 1.82) is 0 Å². The number of amides is 1. The number of carbonyl (C=O) groups excluding carboxylic acids is 1. The van der Waals surface area contributed by atoms with E-state index in [9.17, 15) is 15.0 Å². The SMILES string of the molecule is Br.C=CC[n+]1cccc2cccc(O)c21.CCCNC(=O)[O-]. The van der Waals surface area contributed by atoms with Gasteiger partial charge in [0.1, 0.15) is 6.09 Å². The minimum atomic E-state index is -1.19. The number of carboxylic acid groups (broad SMARTS) is 1. The van der Waals surface area contributed by atoms with Gasteiger partial charge in [-0.3, -0.25) is 0 Å². The van der Waals surface area contributed by atoms with E-state index >= 15 is 0 Å². The number of aromatic nitrogens is 1. The van der Waals surface area contributed by atoms with Crippen molar-refractivity contribution < 1.29 is 19.6 Å². The minimum absolute atomic E-state index is 0. The zero-order valence-corrected chi connectivity index (χ0v) is 14.2. The Morgan fingerprint density at radius 1 is 1.41 bits per heavy atom. The van der Waals surface area contributed by atoms with Gasteiger partial charge in [0.15, 0.2) is 18.5 Å². The maximum Gasteiger partial charge on any atom is 0.254 e. The van der Waals surface area contributed by atoms with Crippen LogP contribution in [0.15, 0.2) is 49.2 Å². The van der Waals surface area contributed by atoms with E-state index in [-0.39, 0.29) is 17.0 Å². The molecule has 5 nitrogen and oxygen atoms in total. The number of aromatic hydroxyl groups is 1. The van der Waals surface area contributed by atoms with Gasteiger partial charge >= 0.3 is 0 Å². The standard InChI is InChI=1S/C12H11NO.C4H9NO2.BrH/c1-2-8-13-9-4-6-10-5-3-7-11(14)12(10)13;1-2-3-5-4(6)7;/h2-7,9H,1,8H2;5H,2-3H2,1H3,(H,6,7);1H. The number of phenols is 1. The molecule has 0 fully saturated rings. The van der Waals surface area contributed by atoms with Gasteiger partial charge in [-0.15, -0.1) is 17.0 Å². The number of fused-ring (bicyclic) bond motifs is 1. The fraction of sp³-hybridized carbons (Fsp3) is 0.250. The van der Waals surface area contributed by atoms with E-state index in [1.54, 1.807) is 6.07 Å². The second-order valence-corrected chi connectivity index (χ2v) is 4.38. The number of para-hydroxylation sites is 1. The van der Waals surface area contributed by atoms with Crippen LogP contribution in [0, 0.1) is 0 Å². The lowest BCUT2D eigenvalue weighted by molar-refractivity contribution is -0.661.